The third-order valence-corrected chi connectivity index (χ3v) is 19.1. The summed E-state index contributed by atoms with van der Waals surface area (Å²) in [6, 6.07) is 0. The van der Waals surface area contributed by atoms with Crippen molar-refractivity contribution < 1.29 is 96.0 Å². The zero-order valence-corrected chi connectivity index (χ0v) is 47.1. The van der Waals surface area contributed by atoms with E-state index in [1.54, 1.807) is 48.2 Å². The van der Waals surface area contributed by atoms with E-state index >= 15 is 0 Å². The van der Waals surface area contributed by atoms with Crippen molar-refractivity contribution in [2.24, 2.45) is 28.6 Å². The van der Waals surface area contributed by atoms with Gasteiger partial charge < -0.3 is 81.6 Å². The van der Waals surface area contributed by atoms with Crippen LogP contribution in [0.5, 0.6) is 0 Å². The van der Waals surface area contributed by atoms with Gasteiger partial charge in [-0.15, -0.1) is 0 Å². The number of aliphatic hydroxyl groups excluding tert-OH is 2. The summed E-state index contributed by atoms with van der Waals surface area (Å²) in [5.74, 6) is -2.58. The molecule has 432 valence electrons. The quantitative estimate of drug-likeness (QED) is 0.107. The molecule has 7 fully saturated rings. The topological polar surface area (TPSA) is 241 Å². The maximum atomic E-state index is 13.6. The molecule has 4 heterocycles. The number of hydrogen-bond acceptors (Lipinski definition) is 20. The number of carbonyl (C=O) groups is 3. The van der Waals surface area contributed by atoms with Crippen molar-refractivity contribution in [3.8, 4) is 0 Å². The lowest BCUT2D eigenvalue weighted by molar-refractivity contribution is -0.355. The number of esters is 2. The van der Waals surface area contributed by atoms with Gasteiger partial charge in [0, 0.05) is 77.4 Å². The van der Waals surface area contributed by atoms with E-state index in [-0.39, 0.29) is 17.8 Å². The van der Waals surface area contributed by atoms with E-state index in [1.165, 1.54) is 21.0 Å². The molecule has 1 unspecified atom stereocenters. The van der Waals surface area contributed by atoms with Crippen molar-refractivity contribution in [1.82, 2.24) is 0 Å². The van der Waals surface area contributed by atoms with Crippen LogP contribution in [0, 0.1) is 28.6 Å². The summed E-state index contributed by atoms with van der Waals surface area (Å²) in [7, 11) is 6.26. The lowest BCUT2D eigenvalue weighted by Crippen LogP contribution is -2.72. The van der Waals surface area contributed by atoms with Crippen LogP contribution in [0.2, 0.25) is 0 Å². The zero-order chi connectivity index (χ0) is 55.3. The van der Waals surface area contributed by atoms with E-state index < -0.39 is 157 Å². The fraction of sp³-hybridized carbons (Fsp3) is 0.875. The Labute approximate surface area is 448 Å². The largest absolute Gasteiger partial charge is 0.458 e. The van der Waals surface area contributed by atoms with E-state index in [0.717, 1.165) is 5.57 Å². The van der Waals surface area contributed by atoms with E-state index in [0.29, 0.717) is 63.4 Å². The number of rotatable bonds is 16. The smallest absolute Gasteiger partial charge is 0.333 e. The average Bonchev–Trinajstić information content (AvgIpc) is 3.76. The molecule has 0 aromatic carbocycles. The molecule has 8 aliphatic rings. The summed E-state index contributed by atoms with van der Waals surface area (Å²) in [6.45, 7) is 17.7. The fourth-order valence-electron chi connectivity index (χ4n) is 14.9. The average molecular weight is 1080 g/mol. The standard InChI is InChI=1S/C56H88O20/c1-15-26(2)52(61)76-51-49(71-32(8)58)43-36(56(62)21-19-35(27(3)57)55(51,56)10)17-16-33-22-34(18-20-54(33,43)9)72-40-23-37(63-11)46(29(5)67-40)73-41-24-38(64-12)47(30(6)68-41)74-42-25-39(65-13)48(31(7)69-42)75-53-45(60)50(66-14)44(59)28(4)70-53/h15-16,28-31,34-51,53,59-60,62H,17-25H2,1-14H3/b26-15+/t28-,29-,30-,31-,34+,35-,36?,37+,38+,39+,40+,41+,42+,43-,44-,45-,46-,47-,48-,49+,50+,51-,53+,54+,55+,56+/m1/s1. The van der Waals surface area contributed by atoms with Crippen LogP contribution >= 0.6 is 0 Å². The summed E-state index contributed by atoms with van der Waals surface area (Å²) < 4.78 is 87.5. The molecule has 0 aromatic rings. The SMILES string of the molecule is C/C=C(\C)C(=O)O[C@@H]1[C@@H](OC(C)=O)[C@H]2C(CC=C3C[C@@H](O[C@H]4C[C@H](OC)[C@H](O[C@H]5C[C@H](OC)[C@H](O[C@H]6C[C@H](OC)[C@H](O[C@@H]7O[C@H](C)[C@@H](O)[C@H](OC)[C@H]7O)[C@@H](C)O6)[C@@H](C)O5)[C@@H](C)O4)CC[C@@]32C)[C@@]2(O)CC[C@H](C(C)=O)[C@@]12C. The lowest BCUT2D eigenvalue weighted by atomic mass is 9.44. The second-order valence-corrected chi connectivity index (χ2v) is 23.3. The molecular formula is C56H88O20. The van der Waals surface area contributed by atoms with E-state index in [1.807, 2.05) is 27.7 Å². The summed E-state index contributed by atoms with van der Waals surface area (Å²) in [5.41, 5.74) is -1.64. The molecule has 26 atom stereocenters. The van der Waals surface area contributed by atoms with Gasteiger partial charge in [-0.1, -0.05) is 31.6 Å². The highest BCUT2D eigenvalue weighted by atomic mass is 16.8. The Bertz CT molecular complexity index is 2100. The number of fused-ring (bicyclic) bond motifs is 5. The van der Waals surface area contributed by atoms with Crippen LogP contribution in [-0.2, 0) is 80.7 Å². The second kappa shape index (κ2) is 23.9. The number of ketones is 1. The summed E-state index contributed by atoms with van der Waals surface area (Å²) >= 11 is 0. The molecule has 20 heteroatoms. The highest BCUT2D eigenvalue weighted by Gasteiger charge is 2.75. The third-order valence-electron chi connectivity index (χ3n) is 19.1. The van der Waals surface area contributed by atoms with Crippen LogP contribution in [0.1, 0.15) is 127 Å². The number of allylic oxidation sites excluding steroid dienone is 2. The van der Waals surface area contributed by atoms with Gasteiger partial charge in [-0.05, 0) is 98.3 Å². The Kier molecular flexibility index (Phi) is 18.7. The molecule has 3 N–H and O–H groups in total. The molecule has 0 aromatic heterocycles. The van der Waals surface area contributed by atoms with E-state index in [4.69, 9.17) is 66.3 Å². The molecule has 76 heavy (non-hydrogen) atoms. The molecule has 8 rings (SSSR count). The maximum absolute atomic E-state index is 13.6. The molecular weight excluding hydrogens is 993 g/mol. The van der Waals surface area contributed by atoms with E-state index in [9.17, 15) is 29.7 Å². The fourth-order valence-corrected chi connectivity index (χ4v) is 14.9. The highest BCUT2D eigenvalue weighted by Crippen LogP contribution is 2.69. The molecule has 0 spiro atoms. The molecule has 4 aliphatic carbocycles. The predicted octanol–water partition coefficient (Wildman–Crippen LogP) is 4.77. The van der Waals surface area contributed by atoms with Crippen molar-refractivity contribution in [3.63, 3.8) is 0 Å². The van der Waals surface area contributed by atoms with Crippen molar-refractivity contribution in [2.45, 2.75) is 255 Å². The van der Waals surface area contributed by atoms with Gasteiger partial charge in [0.05, 0.1) is 54.4 Å². The zero-order valence-electron chi connectivity index (χ0n) is 47.1. The van der Waals surface area contributed by atoms with Crippen molar-refractivity contribution in [2.75, 3.05) is 28.4 Å². The van der Waals surface area contributed by atoms with Gasteiger partial charge in [0.15, 0.2) is 25.2 Å². The van der Waals surface area contributed by atoms with Crippen molar-refractivity contribution in [3.05, 3.63) is 23.3 Å². The minimum Gasteiger partial charge on any atom is -0.458 e. The van der Waals surface area contributed by atoms with Gasteiger partial charge >= 0.3 is 11.9 Å². The Morgan fingerprint density at radius 2 is 1.20 bits per heavy atom. The molecule has 0 bridgehead atoms. The minimum absolute atomic E-state index is 0.0955. The maximum Gasteiger partial charge on any atom is 0.333 e. The number of ether oxygens (including phenoxy) is 14. The molecule has 4 saturated heterocycles. The second-order valence-electron chi connectivity index (χ2n) is 23.3. The van der Waals surface area contributed by atoms with Gasteiger partial charge in [-0.3, -0.25) is 9.59 Å². The summed E-state index contributed by atoms with van der Waals surface area (Å²) in [6.07, 6.45) is -5.53. The van der Waals surface area contributed by atoms with Crippen molar-refractivity contribution in [1.29, 1.82) is 0 Å². The minimum atomic E-state index is -1.38. The lowest BCUT2D eigenvalue weighted by Gasteiger charge is -2.64. The molecule has 20 nitrogen and oxygen atoms in total. The molecule has 4 aliphatic heterocycles. The van der Waals surface area contributed by atoms with Crippen LogP contribution in [0.25, 0.3) is 0 Å². The van der Waals surface area contributed by atoms with Crippen LogP contribution in [0.15, 0.2) is 23.3 Å². The first-order valence-corrected chi connectivity index (χ1v) is 27.6. The molecule has 0 amide bonds. The van der Waals surface area contributed by atoms with Gasteiger partial charge in [0.2, 0.25) is 0 Å². The first kappa shape index (κ1) is 59.6. The van der Waals surface area contributed by atoms with Gasteiger partial charge in [0.1, 0.15) is 54.6 Å². The Hall–Kier alpha value is -2.51. The molecule has 0 radical (unpaired) electrons. The van der Waals surface area contributed by atoms with Crippen molar-refractivity contribution >= 4 is 17.7 Å². The Balaban J connectivity index is 0.889. The number of Topliss-reactive ketones (excluding diaryl/α,β-unsaturated/α-hetero) is 1. The van der Waals surface area contributed by atoms with Gasteiger partial charge in [-0.25, -0.2) is 4.79 Å². The van der Waals surface area contributed by atoms with Gasteiger partial charge in [-0.2, -0.15) is 0 Å². The van der Waals surface area contributed by atoms with E-state index in [2.05, 4.69) is 13.0 Å². The normalized spacial score (nSPS) is 48.7. The number of hydrogen-bond donors (Lipinski definition) is 3. The van der Waals surface area contributed by atoms with Crippen LogP contribution in [-0.4, -0.2) is 190 Å². The summed E-state index contributed by atoms with van der Waals surface area (Å²) in [4.78, 5) is 40.1. The van der Waals surface area contributed by atoms with Crippen LogP contribution in [0.3, 0.4) is 0 Å². The number of methoxy groups -OCH3 is 4. The number of carbonyl (C=O) groups excluding carboxylic acids is 3. The number of aliphatic hydroxyl groups is 3. The van der Waals surface area contributed by atoms with Crippen LogP contribution in [0.4, 0.5) is 0 Å². The first-order valence-electron chi connectivity index (χ1n) is 27.6. The Morgan fingerprint density at radius 1 is 0.658 bits per heavy atom. The third kappa shape index (κ3) is 11.0. The Morgan fingerprint density at radius 3 is 1.70 bits per heavy atom. The highest BCUT2D eigenvalue weighted by molar-refractivity contribution is 5.88. The monoisotopic (exact) mass is 1080 g/mol. The van der Waals surface area contributed by atoms with Gasteiger partial charge in [0.25, 0.3) is 0 Å². The first-order chi connectivity index (χ1) is 36.0. The van der Waals surface area contributed by atoms with Crippen LogP contribution < -0.4 is 0 Å². The molecule has 3 saturated carbocycles. The summed E-state index contributed by atoms with van der Waals surface area (Å²) in [5, 5.41) is 34.5. The predicted molar refractivity (Wildman–Crippen MR) is 269 cm³/mol.